The fourth-order valence-corrected chi connectivity index (χ4v) is 2.97. The van der Waals surface area contributed by atoms with Gasteiger partial charge in [0.1, 0.15) is 22.7 Å². The molecule has 4 aromatic rings. The molecule has 0 saturated carbocycles. The van der Waals surface area contributed by atoms with Gasteiger partial charge in [-0.2, -0.15) is 0 Å². The summed E-state index contributed by atoms with van der Waals surface area (Å²) in [5.74, 6) is 0.992. The number of benzene rings is 1. The average Bonchev–Trinajstić information content (AvgIpc) is 3.13. The molecule has 3 heterocycles. The van der Waals surface area contributed by atoms with Gasteiger partial charge in [-0.05, 0) is 49.2 Å². The van der Waals surface area contributed by atoms with Crippen LogP contribution in [0.5, 0.6) is 5.75 Å². The number of aryl methyl sites for hydroxylation is 1. The highest BCUT2D eigenvalue weighted by Crippen LogP contribution is 2.32. The first-order valence-corrected chi connectivity index (χ1v) is 7.95. The predicted octanol–water partition coefficient (Wildman–Crippen LogP) is 4.80. The highest BCUT2D eigenvalue weighted by atomic mass is 16.3. The van der Waals surface area contributed by atoms with Gasteiger partial charge in [-0.3, -0.25) is 0 Å². The molecule has 116 valence electrons. The quantitative estimate of drug-likeness (QED) is 0.589. The van der Waals surface area contributed by atoms with Crippen LogP contribution in [0.25, 0.3) is 28.1 Å². The van der Waals surface area contributed by atoms with Gasteiger partial charge in [-0.1, -0.05) is 19.4 Å². The van der Waals surface area contributed by atoms with E-state index in [2.05, 4.69) is 11.3 Å². The van der Waals surface area contributed by atoms with E-state index in [0.717, 1.165) is 47.3 Å². The van der Waals surface area contributed by atoms with Gasteiger partial charge in [-0.15, -0.1) is 0 Å². The van der Waals surface area contributed by atoms with Crippen molar-refractivity contribution in [2.24, 2.45) is 0 Å². The van der Waals surface area contributed by atoms with Crippen molar-refractivity contribution in [3.63, 3.8) is 0 Å². The third kappa shape index (κ3) is 2.36. The predicted molar refractivity (Wildman–Crippen MR) is 90.7 cm³/mol. The largest absolute Gasteiger partial charge is 0.508 e. The first-order valence-electron chi connectivity index (χ1n) is 7.95. The van der Waals surface area contributed by atoms with Gasteiger partial charge in [0.25, 0.3) is 0 Å². The molecule has 3 aromatic heterocycles. The molecule has 4 heteroatoms. The number of furan rings is 1. The molecule has 23 heavy (non-hydrogen) atoms. The zero-order valence-electron chi connectivity index (χ0n) is 13.0. The van der Waals surface area contributed by atoms with Gasteiger partial charge in [0.2, 0.25) is 0 Å². The number of unbranched alkanes of at least 4 members (excludes halogenated alkanes) is 1. The Balaban J connectivity index is 1.91. The van der Waals surface area contributed by atoms with Crippen LogP contribution >= 0.6 is 0 Å². The molecular weight excluding hydrogens is 288 g/mol. The third-order valence-corrected chi connectivity index (χ3v) is 4.13. The molecule has 0 spiro atoms. The molecule has 0 unspecified atom stereocenters. The Bertz CT molecular complexity index is 982. The second kappa shape index (κ2) is 5.47. The van der Waals surface area contributed by atoms with E-state index >= 15 is 0 Å². The summed E-state index contributed by atoms with van der Waals surface area (Å²) in [6.07, 6.45) is 5.24. The fraction of sp³-hybridized carbons (Fsp3) is 0.211. The Morgan fingerprint density at radius 2 is 2.09 bits per heavy atom. The van der Waals surface area contributed by atoms with E-state index in [-0.39, 0.29) is 5.75 Å². The van der Waals surface area contributed by atoms with Crippen molar-refractivity contribution in [2.75, 3.05) is 0 Å². The standard InChI is InChI=1S/C19H18N2O2/c1-2-3-6-15-19(20-18-7-4-5-10-21(15)18)17-12-13-11-14(22)8-9-16(13)23-17/h4-5,7-12,22H,2-3,6H2,1H3. The molecule has 0 radical (unpaired) electrons. The fourth-order valence-electron chi connectivity index (χ4n) is 2.97. The summed E-state index contributed by atoms with van der Waals surface area (Å²) >= 11 is 0. The molecule has 1 aromatic carbocycles. The van der Waals surface area contributed by atoms with E-state index in [1.54, 1.807) is 18.2 Å². The molecule has 0 bridgehead atoms. The Morgan fingerprint density at radius 1 is 1.17 bits per heavy atom. The second-order valence-corrected chi connectivity index (χ2v) is 5.77. The van der Waals surface area contributed by atoms with Crippen molar-refractivity contribution >= 4 is 16.6 Å². The molecule has 0 aliphatic heterocycles. The Labute approximate surface area is 134 Å². The summed E-state index contributed by atoms with van der Waals surface area (Å²) in [5.41, 5.74) is 3.75. The lowest BCUT2D eigenvalue weighted by Crippen LogP contribution is -1.94. The highest BCUT2D eigenvalue weighted by Gasteiger charge is 2.17. The van der Waals surface area contributed by atoms with Gasteiger partial charge in [0, 0.05) is 11.6 Å². The number of pyridine rings is 1. The summed E-state index contributed by atoms with van der Waals surface area (Å²) in [4.78, 5) is 4.76. The van der Waals surface area contributed by atoms with Gasteiger partial charge >= 0.3 is 0 Å². The second-order valence-electron chi connectivity index (χ2n) is 5.77. The lowest BCUT2D eigenvalue weighted by atomic mass is 10.1. The minimum absolute atomic E-state index is 0.242. The number of rotatable bonds is 4. The lowest BCUT2D eigenvalue weighted by molar-refractivity contribution is 0.476. The molecule has 4 nitrogen and oxygen atoms in total. The first kappa shape index (κ1) is 13.9. The van der Waals surface area contributed by atoms with Gasteiger partial charge in [0.05, 0.1) is 5.69 Å². The van der Waals surface area contributed by atoms with Gasteiger partial charge in [-0.25, -0.2) is 4.98 Å². The van der Waals surface area contributed by atoms with Crippen LogP contribution in [-0.4, -0.2) is 14.5 Å². The van der Waals surface area contributed by atoms with Crippen LogP contribution < -0.4 is 0 Å². The number of fused-ring (bicyclic) bond motifs is 2. The summed E-state index contributed by atoms with van der Waals surface area (Å²) in [7, 11) is 0. The van der Waals surface area contributed by atoms with E-state index in [1.165, 1.54) is 5.69 Å². The molecule has 0 saturated heterocycles. The Morgan fingerprint density at radius 3 is 2.96 bits per heavy atom. The maximum atomic E-state index is 9.63. The van der Waals surface area contributed by atoms with E-state index in [1.807, 2.05) is 30.5 Å². The SMILES string of the molecule is CCCCc1c(-c2cc3cc(O)ccc3o2)nc2ccccn12. The molecular formula is C19H18N2O2. The van der Waals surface area contributed by atoms with Crippen LogP contribution in [0, 0.1) is 0 Å². The summed E-state index contributed by atoms with van der Waals surface area (Å²) in [6, 6.07) is 13.1. The van der Waals surface area contributed by atoms with Crippen molar-refractivity contribution in [3.8, 4) is 17.2 Å². The highest BCUT2D eigenvalue weighted by molar-refractivity contribution is 5.84. The van der Waals surface area contributed by atoms with Gasteiger partial charge < -0.3 is 13.9 Å². The number of hydrogen-bond donors (Lipinski definition) is 1. The van der Waals surface area contributed by atoms with Crippen molar-refractivity contribution < 1.29 is 9.52 Å². The number of imidazole rings is 1. The number of hydrogen-bond acceptors (Lipinski definition) is 3. The maximum Gasteiger partial charge on any atom is 0.155 e. The van der Waals surface area contributed by atoms with Gasteiger partial charge in [0.15, 0.2) is 5.76 Å². The van der Waals surface area contributed by atoms with Crippen LogP contribution in [-0.2, 0) is 6.42 Å². The topological polar surface area (TPSA) is 50.7 Å². The molecule has 1 N–H and O–H groups in total. The molecule has 4 rings (SSSR count). The van der Waals surface area contributed by atoms with Crippen LogP contribution in [0.3, 0.4) is 0 Å². The van der Waals surface area contributed by atoms with E-state index in [9.17, 15) is 5.11 Å². The Hall–Kier alpha value is -2.75. The van der Waals surface area contributed by atoms with Crippen LogP contribution in [0.1, 0.15) is 25.5 Å². The average molecular weight is 306 g/mol. The number of phenols is 1. The molecule has 0 aliphatic carbocycles. The molecule has 0 atom stereocenters. The van der Waals surface area contributed by atoms with E-state index < -0.39 is 0 Å². The van der Waals surface area contributed by atoms with Crippen molar-refractivity contribution in [3.05, 3.63) is 54.4 Å². The van der Waals surface area contributed by atoms with Crippen molar-refractivity contribution in [1.82, 2.24) is 9.38 Å². The molecule has 0 aliphatic rings. The van der Waals surface area contributed by atoms with Crippen LogP contribution in [0.2, 0.25) is 0 Å². The minimum atomic E-state index is 0.242. The van der Waals surface area contributed by atoms with E-state index in [0.29, 0.717) is 0 Å². The zero-order chi connectivity index (χ0) is 15.8. The normalized spacial score (nSPS) is 11.5. The minimum Gasteiger partial charge on any atom is -0.508 e. The number of aromatic hydroxyl groups is 1. The number of nitrogens with zero attached hydrogens (tertiary/aromatic N) is 2. The zero-order valence-corrected chi connectivity index (χ0v) is 13.0. The molecule has 0 amide bonds. The Kier molecular flexibility index (Phi) is 3.30. The van der Waals surface area contributed by atoms with Crippen molar-refractivity contribution in [1.29, 1.82) is 0 Å². The summed E-state index contributed by atoms with van der Waals surface area (Å²) < 4.78 is 8.11. The van der Waals surface area contributed by atoms with Crippen molar-refractivity contribution in [2.45, 2.75) is 26.2 Å². The summed E-state index contributed by atoms with van der Waals surface area (Å²) in [6.45, 7) is 2.19. The third-order valence-electron chi connectivity index (χ3n) is 4.13. The van der Waals surface area contributed by atoms with E-state index in [4.69, 9.17) is 9.40 Å². The smallest absolute Gasteiger partial charge is 0.155 e. The molecule has 0 fully saturated rings. The summed E-state index contributed by atoms with van der Waals surface area (Å²) in [5, 5.41) is 10.5. The van der Waals surface area contributed by atoms with Crippen LogP contribution in [0.15, 0.2) is 53.1 Å². The number of phenolic OH excluding ortho intramolecular Hbond substituents is 1. The first-order chi connectivity index (χ1) is 11.3. The van der Waals surface area contributed by atoms with Crippen LogP contribution in [0.4, 0.5) is 0 Å². The number of aromatic nitrogens is 2. The monoisotopic (exact) mass is 306 g/mol. The lowest BCUT2D eigenvalue weighted by Gasteiger charge is -2.02. The maximum absolute atomic E-state index is 9.63.